The summed E-state index contributed by atoms with van der Waals surface area (Å²) in [4.78, 5) is 52.7. The first-order valence-corrected chi connectivity index (χ1v) is 11.6. The highest BCUT2D eigenvalue weighted by Crippen LogP contribution is 2.22. The van der Waals surface area contributed by atoms with Crippen molar-refractivity contribution in [1.82, 2.24) is 0 Å². The number of halogens is 2. The average molecular weight is 545 g/mol. The number of carbonyl (C=O) groups excluding carboxylic acids is 3. The number of amides is 1. The van der Waals surface area contributed by atoms with Crippen molar-refractivity contribution in [2.45, 2.75) is 12.2 Å². The molecule has 0 radical (unpaired) electrons. The van der Waals surface area contributed by atoms with Crippen molar-refractivity contribution in [2.24, 2.45) is 0 Å². The van der Waals surface area contributed by atoms with Gasteiger partial charge in [-0.3, -0.25) is 4.79 Å². The molecule has 2 N–H and O–H groups in total. The minimum Gasteiger partial charge on any atom is -0.478 e. The Bertz CT molecular complexity index is 1310. The van der Waals surface area contributed by atoms with E-state index in [1.54, 1.807) is 36.4 Å². The molecular formula is C26H22Cl2N2O7. The van der Waals surface area contributed by atoms with E-state index in [-0.39, 0.29) is 26.9 Å². The van der Waals surface area contributed by atoms with Crippen molar-refractivity contribution < 1.29 is 33.8 Å². The first-order chi connectivity index (χ1) is 17.6. The Morgan fingerprint density at radius 1 is 0.757 bits per heavy atom. The zero-order valence-electron chi connectivity index (χ0n) is 19.7. The van der Waals surface area contributed by atoms with Crippen molar-refractivity contribution in [3.63, 3.8) is 0 Å². The second-order valence-electron chi connectivity index (χ2n) is 7.88. The molecule has 3 aromatic carbocycles. The van der Waals surface area contributed by atoms with E-state index in [4.69, 9.17) is 32.7 Å². The molecule has 37 heavy (non-hydrogen) atoms. The molecule has 0 saturated carbocycles. The number of anilines is 2. The molecule has 0 bridgehead atoms. The molecule has 0 aliphatic heterocycles. The van der Waals surface area contributed by atoms with Crippen LogP contribution in [0.2, 0.25) is 10.0 Å². The molecule has 0 heterocycles. The monoisotopic (exact) mass is 544 g/mol. The summed E-state index contributed by atoms with van der Waals surface area (Å²) in [7, 11) is 3.67. The molecule has 2 atom stereocenters. The normalized spacial score (nSPS) is 12.1. The highest BCUT2D eigenvalue weighted by atomic mass is 35.5. The molecule has 3 rings (SSSR count). The number of benzene rings is 3. The van der Waals surface area contributed by atoms with Gasteiger partial charge in [0.25, 0.3) is 5.91 Å². The summed E-state index contributed by atoms with van der Waals surface area (Å²) < 4.78 is 10.4. The molecule has 9 nitrogen and oxygen atoms in total. The van der Waals surface area contributed by atoms with Crippen molar-refractivity contribution in [3.8, 4) is 0 Å². The van der Waals surface area contributed by atoms with E-state index >= 15 is 0 Å². The average Bonchev–Trinajstić information content (AvgIpc) is 2.86. The van der Waals surface area contributed by atoms with Crippen LogP contribution in [0.4, 0.5) is 11.4 Å². The number of esters is 2. The maximum atomic E-state index is 13.2. The number of carboxylic acid groups (broad SMARTS) is 1. The minimum absolute atomic E-state index is 0.00619. The van der Waals surface area contributed by atoms with Crippen LogP contribution in [0.5, 0.6) is 0 Å². The van der Waals surface area contributed by atoms with Crippen molar-refractivity contribution >= 4 is 58.4 Å². The lowest BCUT2D eigenvalue weighted by atomic mass is 10.1. The zero-order valence-corrected chi connectivity index (χ0v) is 21.2. The molecule has 1 amide bonds. The van der Waals surface area contributed by atoms with Gasteiger partial charge in [-0.2, -0.15) is 0 Å². The van der Waals surface area contributed by atoms with Crippen LogP contribution in [-0.2, 0) is 19.1 Å². The van der Waals surface area contributed by atoms with E-state index in [9.17, 15) is 24.3 Å². The quantitative estimate of drug-likeness (QED) is 0.376. The van der Waals surface area contributed by atoms with Gasteiger partial charge in [-0.05, 0) is 48.5 Å². The standard InChI is InChI=1S/C26H22Cl2N2O7/c1-30(2)16-13-11-15(12-14-16)29-23(31)21(36-25(34)17-7-3-5-9-19(17)27)22(24(32)33)37-26(35)18-8-4-6-10-20(18)28/h3-14,21-22H,1-2H3,(H,29,31)(H,32,33)/t21-,22+/m0/s1. The Morgan fingerprint density at radius 2 is 1.22 bits per heavy atom. The van der Waals surface area contributed by atoms with Gasteiger partial charge in [-0.15, -0.1) is 0 Å². The lowest BCUT2D eigenvalue weighted by Crippen LogP contribution is -2.48. The van der Waals surface area contributed by atoms with Crippen LogP contribution in [0.25, 0.3) is 0 Å². The molecule has 11 heteroatoms. The van der Waals surface area contributed by atoms with Crippen LogP contribution >= 0.6 is 23.2 Å². The maximum Gasteiger partial charge on any atom is 0.349 e. The highest BCUT2D eigenvalue weighted by molar-refractivity contribution is 6.34. The third-order valence-electron chi connectivity index (χ3n) is 5.08. The number of hydrogen-bond acceptors (Lipinski definition) is 7. The second-order valence-corrected chi connectivity index (χ2v) is 8.69. The largest absolute Gasteiger partial charge is 0.478 e. The molecule has 0 aliphatic rings. The lowest BCUT2D eigenvalue weighted by Gasteiger charge is -2.24. The number of carboxylic acids is 1. The highest BCUT2D eigenvalue weighted by Gasteiger charge is 2.41. The van der Waals surface area contributed by atoms with Crippen LogP contribution in [0.3, 0.4) is 0 Å². The fourth-order valence-corrected chi connectivity index (χ4v) is 3.59. The van der Waals surface area contributed by atoms with Crippen LogP contribution < -0.4 is 10.2 Å². The molecule has 0 aromatic heterocycles. The molecule has 0 unspecified atom stereocenters. The van der Waals surface area contributed by atoms with Gasteiger partial charge in [-0.25, -0.2) is 14.4 Å². The molecule has 0 saturated heterocycles. The van der Waals surface area contributed by atoms with E-state index in [2.05, 4.69) is 5.32 Å². The van der Waals surface area contributed by atoms with Crippen molar-refractivity contribution in [3.05, 3.63) is 94.0 Å². The SMILES string of the molecule is CN(C)c1ccc(NC(=O)[C@@H](OC(=O)c2ccccc2Cl)[C@@H](OC(=O)c2ccccc2Cl)C(=O)O)cc1. The van der Waals surface area contributed by atoms with E-state index in [1.165, 1.54) is 36.4 Å². The molecule has 0 aliphatic carbocycles. The smallest absolute Gasteiger partial charge is 0.349 e. The first kappa shape index (κ1) is 27.5. The molecule has 0 spiro atoms. The summed E-state index contributed by atoms with van der Waals surface area (Å²) in [5.41, 5.74) is 0.887. The third kappa shape index (κ3) is 6.99. The predicted molar refractivity (Wildman–Crippen MR) is 138 cm³/mol. The van der Waals surface area contributed by atoms with Crippen molar-refractivity contribution in [2.75, 3.05) is 24.3 Å². The van der Waals surface area contributed by atoms with E-state index in [1.807, 2.05) is 19.0 Å². The second kappa shape index (κ2) is 12.2. The number of carbonyl (C=O) groups is 4. The number of nitrogens with zero attached hydrogens (tertiary/aromatic N) is 1. The predicted octanol–water partition coefficient (Wildman–Crippen LogP) is 4.53. The lowest BCUT2D eigenvalue weighted by molar-refractivity contribution is -0.157. The van der Waals surface area contributed by atoms with Crippen LogP contribution in [0.1, 0.15) is 20.7 Å². The third-order valence-corrected chi connectivity index (χ3v) is 5.74. The Balaban J connectivity index is 1.93. The maximum absolute atomic E-state index is 13.2. The Kier molecular flexibility index (Phi) is 9.10. The topological polar surface area (TPSA) is 122 Å². The molecule has 3 aromatic rings. The van der Waals surface area contributed by atoms with Gasteiger partial charge in [0.2, 0.25) is 12.2 Å². The summed E-state index contributed by atoms with van der Waals surface area (Å²) in [6, 6.07) is 18.2. The van der Waals surface area contributed by atoms with E-state index in [0.29, 0.717) is 0 Å². The van der Waals surface area contributed by atoms with Gasteiger partial charge in [0, 0.05) is 25.5 Å². The number of nitrogens with one attached hydrogen (secondary N) is 1. The fraction of sp³-hybridized carbons (Fsp3) is 0.154. The number of hydrogen-bond donors (Lipinski definition) is 2. The molecule has 192 valence electrons. The Hall–Kier alpha value is -4.08. The number of rotatable bonds is 9. The van der Waals surface area contributed by atoms with Crippen molar-refractivity contribution in [1.29, 1.82) is 0 Å². The fourth-order valence-electron chi connectivity index (χ4n) is 3.16. The summed E-state index contributed by atoms with van der Waals surface area (Å²) in [6.45, 7) is 0. The van der Waals surface area contributed by atoms with Crippen LogP contribution in [-0.4, -0.2) is 55.2 Å². The summed E-state index contributed by atoms with van der Waals surface area (Å²) in [6.07, 6.45) is -4.29. The van der Waals surface area contributed by atoms with Gasteiger partial charge in [0.15, 0.2) is 0 Å². The van der Waals surface area contributed by atoms with Gasteiger partial charge in [-0.1, -0.05) is 47.5 Å². The summed E-state index contributed by atoms with van der Waals surface area (Å²) >= 11 is 12.1. The van der Waals surface area contributed by atoms with Gasteiger partial charge in [0.1, 0.15) is 0 Å². The van der Waals surface area contributed by atoms with Gasteiger partial charge < -0.3 is 24.8 Å². The summed E-state index contributed by atoms with van der Waals surface area (Å²) in [5.74, 6) is -4.98. The summed E-state index contributed by atoms with van der Waals surface area (Å²) in [5, 5.41) is 12.4. The number of aliphatic carboxylic acids is 1. The molecule has 0 fully saturated rings. The van der Waals surface area contributed by atoms with Crippen LogP contribution in [0, 0.1) is 0 Å². The van der Waals surface area contributed by atoms with Gasteiger partial charge >= 0.3 is 17.9 Å². The van der Waals surface area contributed by atoms with E-state index < -0.39 is 36.0 Å². The Labute approximate surface area is 222 Å². The molecular weight excluding hydrogens is 523 g/mol. The number of ether oxygens (including phenoxy) is 2. The Morgan fingerprint density at radius 3 is 1.65 bits per heavy atom. The van der Waals surface area contributed by atoms with E-state index in [0.717, 1.165) is 5.69 Å². The zero-order chi connectivity index (χ0) is 27.1. The van der Waals surface area contributed by atoms with Gasteiger partial charge in [0.05, 0.1) is 21.2 Å². The first-order valence-electron chi connectivity index (χ1n) is 10.8. The van der Waals surface area contributed by atoms with Crippen LogP contribution in [0.15, 0.2) is 72.8 Å². The minimum atomic E-state index is -2.21.